The standard InChI is InChI=1S/C16H23NO3/c1-16(2,3)13-6-4-12(5-7-13)15(19)17-8-9-20-11-14(17)10-18/h4-7,14,18H,8-11H2,1-3H3. The first kappa shape index (κ1) is 15.0. The molecule has 1 aliphatic heterocycles. The molecule has 0 aliphatic carbocycles. The zero-order chi connectivity index (χ0) is 14.8. The van der Waals surface area contributed by atoms with Crippen molar-refractivity contribution in [1.29, 1.82) is 0 Å². The van der Waals surface area contributed by atoms with Crippen molar-refractivity contribution in [3.05, 3.63) is 35.4 Å². The molecule has 1 aromatic carbocycles. The molecular formula is C16H23NO3. The maximum absolute atomic E-state index is 12.5. The highest BCUT2D eigenvalue weighted by atomic mass is 16.5. The molecule has 1 N–H and O–H groups in total. The molecule has 4 heteroatoms. The molecule has 0 bridgehead atoms. The monoisotopic (exact) mass is 277 g/mol. The molecule has 1 unspecified atom stereocenters. The van der Waals surface area contributed by atoms with E-state index in [1.165, 1.54) is 5.56 Å². The Labute approximate surface area is 120 Å². The van der Waals surface area contributed by atoms with Gasteiger partial charge in [-0.1, -0.05) is 32.9 Å². The van der Waals surface area contributed by atoms with Crippen LogP contribution in [0.25, 0.3) is 0 Å². The van der Waals surface area contributed by atoms with Gasteiger partial charge < -0.3 is 14.7 Å². The van der Waals surface area contributed by atoms with Crippen LogP contribution in [0.4, 0.5) is 0 Å². The maximum Gasteiger partial charge on any atom is 0.254 e. The molecule has 1 atom stereocenters. The minimum Gasteiger partial charge on any atom is -0.394 e. The number of ether oxygens (including phenoxy) is 1. The summed E-state index contributed by atoms with van der Waals surface area (Å²) in [5, 5.41) is 9.33. The van der Waals surface area contributed by atoms with Gasteiger partial charge in [-0.25, -0.2) is 0 Å². The van der Waals surface area contributed by atoms with Crippen molar-refractivity contribution < 1.29 is 14.6 Å². The summed E-state index contributed by atoms with van der Waals surface area (Å²) in [5.74, 6) is -0.0344. The van der Waals surface area contributed by atoms with Gasteiger partial charge >= 0.3 is 0 Å². The van der Waals surface area contributed by atoms with Crippen LogP contribution < -0.4 is 0 Å². The Morgan fingerprint density at radius 2 is 2.00 bits per heavy atom. The van der Waals surface area contributed by atoms with Gasteiger partial charge in [0.25, 0.3) is 5.91 Å². The molecule has 0 radical (unpaired) electrons. The molecule has 4 nitrogen and oxygen atoms in total. The van der Waals surface area contributed by atoms with Crippen molar-refractivity contribution in [2.24, 2.45) is 0 Å². The SMILES string of the molecule is CC(C)(C)c1ccc(C(=O)N2CCOCC2CO)cc1. The second kappa shape index (κ2) is 5.94. The third-order valence-corrected chi connectivity index (χ3v) is 3.70. The molecule has 1 amide bonds. The second-order valence-corrected chi connectivity index (χ2v) is 6.24. The van der Waals surface area contributed by atoms with E-state index in [4.69, 9.17) is 4.74 Å². The lowest BCUT2D eigenvalue weighted by Gasteiger charge is -2.34. The van der Waals surface area contributed by atoms with Crippen molar-refractivity contribution in [2.45, 2.75) is 32.2 Å². The Kier molecular flexibility index (Phi) is 4.45. The highest BCUT2D eigenvalue weighted by molar-refractivity contribution is 5.94. The van der Waals surface area contributed by atoms with Gasteiger partial charge in [-0.2, -0.15) is 0 Å². The van der Waals surface area contributed by atoms with Crippen LogP contribution in [0, 0.1) is 0 Å². The summed E-state index contributed by atoms with van der Waals surface area (Å²) in [6, 6.07) is 7.50. The normalized spacial score (nSPS) is 20.0. The predicted octanol–water partition coefficient (Wildman–Crippen LogP) is 1.82. The summed E-state index contributed by atoms with van der Waals surface area (Å²) in [6.07, 6.45) is 0. The fourth-order valence-electron chi connectivity index (χ4n) is 2.35. The lowest BCUT2D eigenvalue weighted by Crippen LogP contribution is -2.50. The van der Waals surface area contributed by atoms with E-state index in [0.29, 0.717) is 25.3 Å². The van der Waals surface area contributed by atoms with Crippen LogP contribution in [0.2, 0.25) is 0 Å². The smallest absolute Gasteiger partial charge is 0.254 e. The minimum absolute atomic E-state index is 0.0344. The molecule has 1 saturated heterocycles. The number of hydrogen-bond donors (Lipinski definition) is 1. The van der Waals surface area contributed by atoms with Crippen molar-refractivity contribution in [3.63, 3.8) is 0 Å². The summed E-state index contributed by atoms with van der Waals surface area (Å²) < 4.78 is 5.30. The molecule has 20 heavy (non-hydrogen) atoms. The van der Waals surface area contributed by atoms with Gasteiger partial charge in [0.1, 0.15) is 0 Å². The summed E-state index contributed by atoms with van der Waals surface area (Å²) in [5.41, 5.74) is 1.95. The van der Waals surface area contributed by atoms with Crippen LogP contribution in [0.5, 0.6) is 0 Å². The number of morpholine rings is 1. The Morgan fingerprint density at radius 1 is 1.35 bits per heavy atom. The minimum atomic E-state index is -0.237. The van der Waals surface area contributed by atoms with E-state index in [1.54, 1.807) is 4.90 Å². The molecule has 1 heterocycles. The predicted molar refractivity (Wildman–Crippen MR) is 77.9 cm³/mol. The van der Waals surface area contributed by atoms with Crippen molar-refractivity contribution in [3.8, 4) is 0 Å². The maximum atomic E-state index is 12.5. The van der Waals surface area contributed by atoms with Crippen LogP contribution in [0.15, 0.2) is 24.3 Å². The summed E-state index contributed by atoms with van der Waals surface area (Å²) in [6.45, 7) is 7.84. The Morgan fingerprint density at radius 3 is 2.55 bits per heavy atom. The Hall–Kier alpha value is -1.39. The van der Waals surface area contributed by atoms with Crippen LogP contribution in [0.1, 0.15) is 36.7 Å². The van der Waals surface area contributed by atoms with E-state index >= 15 is 0 Å². The largest absolute Gasteiger partial charge is 0.394 e. The zero-order valence-corrected chi connectivity index (χ0v) is 12.4. The van der Waals surface area contributed by atoms with Crippen LogP contribution in [0.3, 0.4) is 0 Å². The second-order valence-electron chi connectivity index (χ2n) is 6.24. The van der Waals surface area contributed by atoms with Crippen LogP contribution in [-0.2, 0) is 10.2 Å². The highest BCUT2D eigenvalue weighted by Gasteiger charge is 2.27. The van der Waals surface area contributed by atoms with Gasteiger partial charge in [-0.3, -0.25) is 4.79 Å². The molecule has 0 aromatic heterocycles. The molecule has 1 fully saturated rings. The number of rotatable bonds is 2. The van der Waals surface area contributed by atoms with Gasteiger partial charge in [0, 0.05) is 12.1 Å². The zero-order valence-electron chi connectivity index (χ0n) is 12.4. The number of amides is 1. The van der Waals surface area contributed by atoms with Crippen molar-refractivity contribution in [2.75, 3.05) is 26.4 Å². The van der Waals surface area contributed by atoms with E-state index in [1.807, 2.05) is 24.3 Å². The number of hydrogen-bond acceptors (Lipinski definition) is 3. The molecule has 2 rings (SSSR count). The summed E-state index contributed by atoms with van der Waals surface area (Å²) >= 11 is 0. The summed E-state index contributed by atoms with van der Waals surface area (Å²) in [7, 11) is 0. The van der Waals surface area contributed by atoms with Gasteiger partial charge in [0.2, 0.25) is 0 Å². The first-order valence-corrected chi connectivity index (χ1v) is 7.03. The topological polar surface area (TPSA) is 49.8 Å². The van der Waals surface area contributed by atoms with Crippen LogP contribution >= 0.6 is 0 Å². The number of carbonyl (C=O) groups is 1. The van der Waals surface area contributed by atoms with E-state index in [9.17, 15) is 9.90 Å². The first-order chi connectivity index (χ1) is 9.43. The molecule has 110 valence electrons. The number of carbonyl (C=O) groups excluding carboxylic acids is 1. The quantitative estimate of drug-likeness (QED) is 0.897. The Balaban J connectivity index is 2.16. The van der Waals surface area contributed by atoms with Gasteiger partial charge in [-0.05, 0) is 23.1 Å². The number of benzene rings is 1. The van der Waals surface area contributed by atoms with E-state index in [2.05, 4.69) is 20.8 Å². The van der Waals surface area contributed by atoms with Crippen LogP contribution in [-0.4, -0.2) is 48.3 Å². The van der Waals surface area contributed by atoms with Crippen molar-refractivity contribution >= 4 is 5.91 Å². The number of aliphatic hydroxyl groups is 1. The lowest BCUT2D eigenvalue weighted by molar-refractivity contribution is -0.0183. The number of aliphatic hydroxyl groups excluding tert-OH is 1. The van der Waals surface area contributed by atoms with Gasteiger partial charge in [0.05, 0.1) is 25.9 Å². The third-order valence-electron chi connectivity index (χ3n) is 3.70. The van der Waals surface area contributed by atoms with E-state index < -0.39 is 0 Å². The third kappa shape index (κ3) is 3.19. The molecular weight excluding hydrogens is 254 g/mol. The fraction of sp³-hybridized carbons (Fsp3) is 0.562. The molecule has 1 aliphatic rings. The molecule has 0 saturated carbocycles. The average Bonchev–Trinajstić information content (AvgIpc) is 2.45. The van der Waals surface area contributed by atoms with E-state index in [-0.39, 0.29) is 24.0 Å². The van der Waals surface area contributed by atoms with Crippen molar-refractivity contribution in [1.82, 2.24) is 4.90 Å². The fourth-order valence-corrected chi connectivity index (χ4v) is 2.35. The van der Waals surface area contributed by atoms with E-state index in [0.717, 1.165) is 0 Å². The van der Waals surface area contributed by atoms with Gasteiger partial charge in [-0.15, -0.1) is 0 Å². The lowest BCUT2D eigenvalue weighted by atomic mass is 9.86. The summed E-state index contributed by atoms with van der Waals surface area (Å²) in [4.78, 5) is 14.2. The number of nitrogens with zero attached hydrogens (tertiary/aromatic N) is 1. The molecule has 0 spiro atoms. The Bertz CT molecular complexity index is 462. The van der Waals surface area contributed by atoms with Gasteiger partial charge in [0.15, 0.2) is 0 Å². The average molecular weight is 277 g/mol. The molecule has 1 aromatic rings. The highest BCUT2D eigenvalue weighted by Crippen LogP contribution is 2.23. The first-order valence-electron chi connectivity index (χ1n) is 7.03.